The van der Waals surface area contributed by atoms with Crippen LogP contribution in [-0.2, 0) is 11.3 Å². The number of carbonyl (C=O) groups excluding carboxylic acids is 1. The molecule has 0 bridgehead atoms. The third-order valence-electron chi connectivity index (χ3n) is 8.07. The second-order valence-electron chi connectivity index (χ2n) is 11.2. The fourth-order valence-corrected chi connectivity index (χ4v) is 5.19. The predicted molar refractivity (Wildman–Crippen MR) is 169 cm³/mol. The van der Waals surface area contributed by atoms with Crippen LogP contribution < -0.4 is 22.1 Å². The number of hydrogen-bond acceptors (Lipinski definition) is 7. The van der Waals surface area contributed by atoms with E-state index in [2.05, 4.69) is 27.8 Å². The molecule has 0 radical (unpaired) electrons. The predicted octanol–water partition coefficient (Wildman–Crippen LogP) is 4.04. The second-order valence-corrected chi connectivity index (χ2v) is 11.2. The van der Waals surface area contributed by atoms with E-state index in [1.54, 1.807) is 4.90 Å². The molecule has 2 aromatic carbocycles. The number of carbonyl (C=O) groups is 1. The summed E-state index contributed by atoms with van der Waals surface area (Å²) in [6.45, 7) is 9.09. The summed E-state index contributed by atoms with van der Waals surface area (Å²) in [5.74, 6) is 2.14. The molecule has 3 aliphatic heterocycles. The number of likely N-dealkylation sites (tertiary alicyclic amines) is 1. The Morgan fingerprint density at radius 3 is 1.83 bits per heavy atom. The SMILES string of the molecule is C(=NCC1CCNCC1)c1ccccc1.NCC1CCN(C(=O)OCc2ccccc2)CC1.NCC1CCNCC1. The van der Waals surface area contributed by atoms with Crippen molar-refractivity contribution >= 4 is 12.3 Å². The molecule has 0 aliphatic carbocycles. The zero-order chi connectivity index (χ0) is 29.0. The number of aliphatic imine (C=N–C) groups is 1. The number of benzene rings is 2. The molecule has 8 nitrogen and oxygen atoms in total. The number of nitrogens with zero attached hydrogens (tertiary/aromatic N) is 2. The van der Waals surface area contributed by atoms with E-state index in [9.17, 15) is 4.79 Å². The Morgan fingerprint density at radius 1 is 0.780 bits per heavy atom. The molecule has 8 heteroatoms. The zero-order valence-corrected chi connectivity index (χ0v) is 24.8. The van der Waals surface area contributed by atoms with Crippen molar-refractivity contribution in [3.05, 3.63) is 71.8 Å². The van der Waals surface area contributed by atoms with Gasteiger partial charge in [-0.2, -0.15) is 0 Å². The Hall–Kier alpha value is -2.78. The molecule has 226 valence electrons. The van der Waals surface area contributed by atoms with Gasteiger partial charge in [0, 0.05) is 25.8 Å². The maximum Gasteiger partial charge on any atom is 0.410 e. The molecule has 3 saturated heterocycles. The average molecular weight is 565 g/mol. The van der Waals surface area contributed by atoms with Gasteiger partial charge in [-0.15, -0.1) is 0 Å². The van der Waals surface area contributed by atoms with Crippen LogP contribution in [0.1, 0.15) is 49.7 Å². The number of ether oxygens (including phenoxy) is 1. The quantitative estimate of drug-likeness (QED) is 0.377. The van der Waals surface area contributed by atoms with E-state index in [0.29, 0.717) is 19.1 Å². The number of hydrogen-bond donors (Lipinski definition) is 4. The molecule has 3 aliphatic rings. The first-order valence-corrected chi connectivity index (χ1v) is 15.5. The molecule has 0 unspecified atom stereocenters. The second kappa shape index (κ2) is 20.2. The van der Waals surface area contributed by atoms with Gasteiger partial charge >= 0.3 is 6.09 Å². The molecule has 0 aromatic heterocycles. The standard InChI is InChI=1S/C14H20N2O2.C13H18N2.C6H14N2/c15-10-12-6-8-16(9-7-12)14(17)18-11-13-4-2-1-3-5-13;1-2-4-12(5-3-1)10-15-11-13-6-8-14-9-7-13;7-5-6-1-3-8-4-2-6/h1-5,12H,6-11,15H2;1-5,10,13-14H,6-9,11H2;6,8H,1-5,7H2. The minimum Gasteiger partial charge on any atom is -0.445 e. The molecule has 0 spiro atoms. The van der Waals surface area contributed by atoms with Gasteiger partial charge in [0.25, 0.3) is 0 Å². The summed E-state index contributed by atoms with van der Waals surface area (Å²) >= 11 is 0. The number of nitrogens with two attached hydrogens (primary N) is 2. The molecule has 41 heavy (non-hydrogen) atoms. The topological polar surface area (TPSA) is 118 Å². The van der Waals surface area contributed by atoms with Crippen molar-refractivity contribution in [1.29, 1.82) is 0 Å². The highest BCUT2D eigenvalue weighted by atomic mass is 16.6. The normalized spacial score (nSPS) is 18.6. The van der Waals surface area contributed by atoms with E-state index in [1.165, 1.54) is 44.3 Å². The van der Waals surface area contributed by atoms with E-state index in [4.69, 9.17) is 16.2 Å². The van der Waals surface area contributed by atoms with Gasteiger partial charge in [0.2, 0.25) is 0 Å². The first-order chi connectivity index (χ1) is 20.2. The van der Waals surface area contributed by atoms with Crippen molar-refractivity contribution in [3.8, 4) is 0 Å². The summed E-state index contributed by atoms with van der Waals surface area (Å²) in [6, 6.07) is 20.0. The molecular formula is C33H52N6O2. The summed E-state index contributed by atoms with van der Waals surface area (Å²) in [4.78, 5) is 18.1. The highest BCUT2D eigenvalue weighted by Crippen LogP contribution is 2.17. The lowest BCUT2D eigenvalue weighted by Crippen LogP contribution is -2.40. The molecule has 2 aromatic rings. The molecule has 1 amide bonds. The first-order valence-electron chi connectivity index (χ1n) is 15.5. The van der Waals surface area contributed by atoms with E-state index < -0.39 is 0 Å². The number of amides is 1. The van der Waals surface area contributed by atoms with Crippen LogP contribution in [0.3, 0.4) is 0 Å². The van der Waals surface area contributed by atoms with Crippen LogP contribution in [-0.4, -0.2) is 76.1 Å². The Balaban J connectivity index is 0.000000181. The minimum atomic E-state index is -0.214. The Labute approximate surface area is 247 Å². The first kappa shape index (κ1) is 32.7. The van der Waals surface area contributed by atoms with Crippen LogP contribution in [0, 0.1) is 17.8 Å². The van der Waals surface area contributed by atoms with Crippen LogP contribution in [0.25, 0.3) is 0 Å². The number of piperidine rings is 3. The number of nitrogens with one attached hydrogen (secondary N) is 2. The summed E-state index contributed by atoms with van der Waals surface area (Å²) in [7, 11) is 0. The third kappa shape index (κ3) is 13.6. The molecule has 5 rings (SSSR count). The van der Waals surface area contributed by atoms with Crippen molar-refractivity contribution in [3.63, 3.8) is 0 Å². The summed E-state index contributed by atoms with van der Waals surface area (Å²) in [6.07, 6.45) is 8.83. The largest absolute Gasteiger partial charge is 0.445 e. The Morgan fingerprint density at radius 2 is 1.29 bits per heavy atom. The van der Waals surface area contributed by atoms with E-state index in [-0.39, 0.29) is 6.09 Å². The maximum atomic E-state index is 11.8. The summed E-state index contributed by atoms with van der Waals surface area (Å²) in [5.41, 5.74) is 13.3. The molecule has 0 saturated carbocycles. The maximum absolute atomic E-state index is 11.8. The molecular weight excluding hydrogens is 512 g/mol. The van der Waals surface area contributed by atoms with Crippen molar-refractivity contribution in [1.82, 2.24) is 15.5 Å². The average Bonchev–Trinajstić information content (AvgIpc) is 3.06. The van der Waals surface area contributed by atoms with E-state index in [0.717, 1.165) is 69.5 Å². The van der Waals surface area contributed by atoms with Gasteiger partial charge in [0.05, 0.1) is 0 Å². The smallest absolute Gasteiger partial charge is 0.410 e. The van der Waals surface area contributed by atoms with Crippen molar-refractivity contribution in [2.45, 2.75) is 45.1 Å². The lowest BCUT2D eigenvalue weighted by Gasteiger charge is -2.30. The molecule has 6 N–H and O–H groups in total. The van der Waals surface area contributed by atoms with Crippen molar-refractivity contribution < 1.29 is 9.53 Å². The van der Waals surface area contributed by atoms with Crippen LogP contribution in [0.2, 0.25) is 0 Å². The van der Waals surface area contributed by atoms with Crippen LogP contribution in [0.15, 0.2) is 65.7 Å². The van der Waals surface area contributed by atoms with Crippen LogP contribution >= 0.6 is 0 Å². The highest BCUT2D eigenvalue weighted by Gasteiger charge is 2.22. The number of rotatable bonds is 7. The van der Waals surface area contributed by atoms with Gasteiger partial charge in [-0.3, -0.25) is 4.99 Å². The lowest BCUT2D eigenvalue weighted by molar-refractivity contribution is 0.0829. The van der Waals surface area contributed by atoms with Gasteiger partial charge in [-0.05, 0) is 107 Å². The minimum absolute atomic E-state index is 0.214. The summed E-state index contributed by atoms with van der Waals surface area (Å²) < 4.78 is 5.29. The summed E-state index contributed by atoms with van der Waals surface area (Å²) in [5, 5.41) is 6.66. The van der Waals surface area contributed by atoms with E-state index >= 15 is 0 Å². The van der Waals surface area contributed by atoms with Gasteiger partial charge in [-0.25, -0.2) is 4.79 Å². The van der Waals surface area contributed by atoms with Crippen LogP contribution in [0.4, 0.5) is 4.79 Å². The van der Waals surface area contributed by atoms with Gasteiger partial charge < -0.3 is 31.7 Å². The van der Waals surface area contributed by atoms with Crippen molar-refractivity contribution in [2.24, 2.45) is 34.2 Å². The Kier molecular flexibility index (Phi) is 16.1. The fraction of sp³-hybridized carbons (Fsp3) is 0.576. The van der Waals surface area contributed by atoms with Gasteiger partial charge in [0.1, 0.15) is 6.61 Å². The van der Waals surface area contributed by atoms with Gasteiger partial charge in [0.15, 0.2) is 0 Å². The van der Waals surface area contributed by atoms with E-state index in [1.807, 2.05) is 54.7 Å². The third-order valence-corrected chi connectivity index (χ3v) is 8.07. The zero-order valence-electron chi connectivity index (χ0n) is 24.8. The van der Waals surface area contributed by atoms with Crippen molar-refractivity contribution in [2.75, 3.05) is 58.9 Å². The molecule has 0 atom stereocenters. The van der Waals surface area contributed by atoms with Crippen LogP contribution in [0.5, 0.6) is 0 Å². The fourth-order valence-electron chi connectivity index (χ4n) is 5.19. The lowest BCUT2D eigenvalue weighted by atomic mass is 9.97. The Bertz CT molecular complexity index is 954. The molecule has 3 fully saturated rings. The molecule has 3 heterocycles. The monoisotopic (exact) mass is 564 g/mol. The highest BCUT2D eigenvalue weighted by molar-refractivity contribution is 5.79. The van der Waals surface area contributed by atoms with Gasteiger partial charge in [-0.1, -0.05) is 60.7 Å².